The van der Waals surface area contributed by atoms with Crippen LogP contribution < -0.4 is 0 Å². The number of rotatable bonds is 9. The van der Waals surface area contributed by atoms with Crippen molar-refractivity contribution < 1.29 is 13.2 Å². The van der Waals surface area contributed by atoms with Crippen LogP contribution in [0.5, 0.6) is 0 Å². The molecule has 0 saturated heterocycles. The molecule has 1 saturated carbocycles. The lowest BCUT2D eigenvalue weighted by Crippen LogP contribution is -2.33. The molecule has 4 aromatic rings. The summed E-state index contributed by atoms with van der Waals surface area (Å²) in [6.07, 6.45) is 3.53. The number of benzene rings is 2. The third kappa shape index (κ3) is 4.98. The van der Waals surface area contributed by atoms with Crippen molar-refractivity contribution in [3.63, 3.8) is 0 Å². The molecule has 34 heavy (non-hydrogen) atoms. The summed E-state index contributed by atoms with van der Waals surface area (Å²) in [6.45, 7) is 0.688. The molecule has 0 N–H and O–H groups in total. The fourth-order valence-corrected chi connectivity index (χ4v) is 6.20. The van der Waals surface area contributed by atoms with Gasteiger partial charge in [0.15, 0.2) is 0 Å². The van der Waals surface area contributed by atoms with Crippen LogP contribution in [0.3, 0.4) is 0 Å². The minimum absolute atomic E-state index is 0.0151. The van der Waals surface area contributed by atoms with Crippen molar-refractivity contribution in [1.82, 2.24) is 14.5 Å². The molecule has 0 spiro atoms. The van der Waals surface area contributed by atoms with E-state index in [-0.39, 0.29) is 22.9 Å². The highest BCUT2D eigenvalue weighted by Crippen LogP contribution is 2.31. The smallest absolute Gasteiger partial charge is 0.264 e. The third-order valence-electron chi connectivity index (χ3n) is 5.88. The number of imidazole rings is 1. The zero-order valence-corrected chi connectivity index (χ0v) is 20.2. The van der Waals surface area contributed by atoms with E-state index >= 15 is 0 Å². The molecule has 0 bridgehead atoms. The second-order valence-corrected chi connectivity index (χ2v) is 11.3. The molecule has 1 fully saturated rings. The van der Waals surface area contributed by atoms with Gasteiger partial charge in [0.1, 0.15) is 0 Å². The summed E-state index contributed by atoms with van der Waals surface area (Å²) < 4.78 is 28.6. The number of carbonyl (C=O) groups excluding carboxylic acids is 1. The van der Waals surface area contributed by atoms with Gasteiger partial charge in [0.25, 0.3) is 5.91 Å². The van der Waals surface area contributed by atoms with Crippen LogP contribution in [0, 0.1) is 0 Å². The highest BCUT2D eigenvalue weighted by atomic mass is 32.2. The largest absolute Gasteiger partial charge is 0.329 e. The molecule has 1 aliphatic carbocycles. The Morgan fingerprint density at radius 3 is 2.26 bits per heavy atom. The third-order valence-corrected chi connectivity index (χ3v) is 8.33. The van der Waals surface area contributed by atoms with E-state index in [9.17, 15) is 13.2 Å². The number of hydrogen-bond acceptors (Lipinski definition) is 5. The summed E-state index contributed by atoms with van der Waals surface area (Å²) in [5.41, 5.74) is 2.40. The quantitative estimate of drug-likeness (QED) is 0.338. The molecule has 174 valence electrons. The molecule has 2 aromatic heterocycles. The lowest BCUT2D eigenvalue weighted by Gasteiger charge is -2.23. The Morgan fingerprint density at radius 2 is 1.65 bits per heavy atom. The van der Waals surface area contributed by atoms with Gasteiger partial charge in [-0.25, -0.2) is 13.4 Å². The van der Waals surface area contributed by atoms with Gasteiger partial charge in [-0.15, -0.1) is 11.3 Å². The zero-order chi connectivity index (χ0) is 23.5. The molecule has 6 nitrogen and oxygen atoms in total. The maximum absolute atomic E-state index is 13.4. The van der Waals surface area contributed by atoms with Crippen molar-refractivity contribution in [2.45, 2.75) is 42.9 Å². The first-order valence-corrected chi connectivity index (χ1v) is 13.7. The maximum atomic E-state index is 13.4. The standard InChI is InChI=1S/C26H25N3O3S2/c30-25(24-12-7-15-33-24)28(22-13-14-22)18-23-16-27-26(29(23)17-20-8-3-1-4-9-20)34(31,32)19-21-10-5-2-6-11-21/h1-12,15-16,22H,13-14,17-19H2. The van der Waals surface area contributed by atoms with Crippen LogP contribution in [0.1, 0.15) is 39.3 Å². The number of aromatic nitrogens is 2. The predicted molar refractivity (Wildman–Crippen MR) is 132 cm³/mol. The number of thiophene rings is 1. The van der Waals surface area contributed by atoms with Crippen LogP contribution in [0.15, 0.2) is 89.5 Å². The highest BCUT2D eigenvalue weighted by Gasteiger charge is 2.35. The van der Waals surface area contributed by atoms with Gasteiger partial charge in [0.2, 0.25) is 15.0 Å². The second-order valence-electron chi connectivity index (χ2n) is 8.49. The van der Waals surface area contributed by atoms with Gasteiger partial charge in [-0.1, -0.05) is 66.7 Å². The minimum atomic E-state index is -3.70. The van der Waals surface area contributed by atoms with E-state index in [1.165, 1.54) is 11.3 Å². The van der Waals surface area contributed by atoms with E-state index in [1.807, 2.05) is 70.9 Å². The van der Waals surface area contributed by atoms with Crippen LogP contribution in [-0.2, 0) is 28.7 Å². The summed E-state index contributed by atoms with van der Waals surface area (Å²) in [5, 5.41) is 1.93. The van der Waals surface area contributed by atoms with Crippen molar-refractivity contribution in [2.24, 2.45) is 0 Å². The SMILES string of the molecule is O=C(c1cccs1)N(Cc1cnc(S(=O)(=O)Cc2ccccc2)n1Cc1ccccc1)C1CC1. The fraction of sp³-hybridized carbons (Fsp3) is 0.231. The summed E-state index contributed by atoms with van der Waals surface area (Å²) >= 11 is 1.42. The van der Waals surface area contributed by atoms with Crippen LogP contribution >= 0.6 is 11.3 Å². The number of carbonyl (C=O) groups is 1. The number of sulfone groups is 1. The van der Waals surface area contributed by atoms with Gasteiger partial charge in [-0.3, -0.25) is 4.79 Å². The van der Waals surface area contributed by atoms with Crippen molar-refractivity contribution >= 4 is 27.1 Å². The van der Waals surface area contributed by atoms with E-state index in [0.29, 0.717) is 29.2 Å². The first-order chi connectivity index (χ1) is 16.5. The molecule has 8 heteroatoms. The summed E-state index contributed by atoms with van der Waals surface area (Å²) in [5.74, 6) is -0.141. The van der Waals surface area contributed by atoms with Crippen molar-refractivity contribution in [3.8, 4) is 0 Å². The Kier molecular flexibility index (Phi) is 6.34. The van der Waals surface area contributed by atoms with Crippen molar-refractivity contribution in [2.75, 3.05) is 0 Å². The van der Waals surface area contributed by atoms with Crippen LogP contribution in [0.2, 0.25) is 0 Å². The summed E-state index contributed by atoms with van der Waals surface area (Å²) in [6, 6.07) is 22.7. The molecule has 2 aromatic carbocycles. The Bertz CT molecular complexity index is 1360. The van der Waals surface area contributed by atoms with Crippen molar-refractivity contribution in [1.29, 1.82) is 0 Å². The summed E-state index contributed by atoms with van der Waals surface area (Å²) in [7, 11) is -3.70. The first kappa shape index (κ1) is 22.6. The van der Waals surface area contributed by atoms with Gasteiger partial charge >= 0.3 is 0 Å². The zero-order valence-electron chi connectivity index (χ0n) is 18.6. The molecule has 0 unspecified atom stereocenters. The number of amides is 1. The van der Waals surface area contributed by atoms with E-state index < -0.39 is 9.84 Å². The number of hydrogen-bond donors (Lipinski definition) is 0. The van der Waals surface area contributed by atoms with Gasteiger partial charge in [-0.05, 0) is 35.4 Å². The average molecular weight is 492 g/mol. The minimum Gasteiger partial charge on any atom is -0.329 e. The fourth-order valence-electron chi connectivity index (χ4n) is 4.03. The maximum Gasteiger partial charge on any atom is 0.264 e. The molecule has 0 aliphatic heterocycles. The molecule has 1 amide bonds. The Labute approximate surface area is 203 Å². The van der Waals surface area contributed by atoms with Crippen molar-refractivity contribution in [3.05, 3.63) is 106 Å². The van der Waals surface area contributed by atoms with Gasteiger partial charge in [0.05, 0.1) is 35.6 Å². The molecular weight excluding hydrogens is 466 g/mol. The Hall–Kier alpha value is -3.23. The molecule has 0 atom stereocenters. The lowest BCUT2D eigenvalue weighted by molar-refractivity contribution is 0.0730. The monoisotopic (exact) mass is 491 g/mol. The topological polar surface area (TPSA) is 72.3 Å². The van der Waals surface area contributed by atoms with Crippen LogP contribution in [-0.4, -0.2) is 34.8 Å². The van der Waals surface area contributed by atoms with E-state index in [1.54, 1.807) is 22.9 Å². The number of nitrogens with zero attached hydrogens (tertiary/aromatic N) is 3. The van der Waals surface area contributed by atoms with Gasteiger partial charge in [-0.2, -0.15) is 0 Å². The molecule has 5 rings (SSSR count). The predicted octanol–water partition coefficient (Wildman–Crippen LogP) is 4.77. The van der Waals surface area contributed by atoms with Gasteiger partial charge in [0, 0.05) is 6.04 Å². The molecule has 0 radical (unpaired) electrons. The van der Waals surface area contributed by atoms with Gasteiger partial charge < -0.3 is 9.47 Å². The average Bonchev–Trinajstić information content (AvgIpc) is 3.36. The van der Waals surface area contributed by atoms with Crippen LogP contribution in [0.25, 0.3) is 0 Å². The summed E-state index contributed by atoms with van der Waals surface area (Å²) in [4.78, 5) is 20.1. The van der Waals surface area contributed by atoms with E-state index in [0.717, 1.165) is 18.4 Å². The first-order valence-electron chi connectivity index (χ1n) is 11.2. The molecule has 2 heterocycles. The molecular formula is C26H25N3O3S2. The Balaban J connectivity index is 1.50. The second kappa shape index (κ2) is 9.56. The van der Waals surface area contributed by atoms with Crippen LogP contribution in [0.4, 0.5) is 0 Å². The van der Waals surface area contributed by atoms with E-state index in [4.69, 9.17) is 0 Å². The highest BCUT2D eigenvalue weighted by molar-refractivity contribution is 7.90. The normalized spacial score (nSPS) is 13.6. The Morgan fingerprint density at radius 1 is 0.971 bits per heavy atom. The molecule has 1 aliphatic rings. The van der Waals surface area contributed by atoms with E-state index in [2.05, 4.69) is 4.98 Å². The lowest BCUT2D eigenvalue weighted by atomic mass is 10.2.